The van der Waals surface area contributed by atoms with E-state index in [0.29, 0.717) is 24.0 Å². The lowest BCUT2D eigenvalue weighted by atomic mass is 9.79. The monoisotopic (exact) mass is 264 g/mol. The van der Waals surface area contributed by atoms with E-state index >= 15 is 0 Å². The van der Waals surface area contributed by atoms with E-state index in [1.807, 2.05) is 0 Å². The molecule has 3 nitrogen and oxygen atoms in total. The van der Waals surface area contributed by atoms with E-state index in [0.717, 1.165) is 31.6 Å². The van der Waals surface area contributed by atoms with Crippen LogP contribution in [0.5, 0.6) is 0 Å². The minimum absolute atomic E-state index is 0.136. The van der Waals surface area contributed by atoms with E-state index in [1.54, 1.807) is 0 Å². The number of nitrogens with one attached hydrogen (secondary N) is 1. The molecule has 0 aromatic rings. The molecule has 2 saturated carbocycles. The number of rotatable bonds is 3. The van der Waals surface area contributed by atoms with E-state index in [9.17, 15) is 4.79 Å². The molecule has 3 rings (SSSR count). The second-order valence-corrected chi connectivity index (χ2v) is 7.21. The first-order valence-corrected chi connectivity index (χ1v) is 8.18. The largest absolute Gasteiger partial charge is 0.322 e. The Kier molecular flexibility index (Phi) is 3.36. The minimum atomic E-state index is -0.136. The molecular formula is C16H28N2O. The summed E-state index contributed by atoms with van der Waals surface area (Å²) < 4.78 is 0. The average molecular weight is 264 g/mol. The smallest absolute Gasteiger partial charge is 0.244 e. The molecule has 4 atom stereocenters. The van der Waals surface area contributed by atoms with Crippen molar-refractivity contribution >= 4 is 5.91 Å². The first kappa shape index (κ1) is 13.4. The summed E-state index contributed by atoms with van der Waals surface area (Å²) in [4.78, 5) is 15.0. The van der Waals surface area contributed by atoms with Crippen LogP contribution in [0.25, 0.3) is 0 Å². The molecule has 1 saturated heterocycles. The highest BCUT2D eigenvalue weighted by Crippen LogP contribution is 2.45. The molecule has 1 aliphatic heterocycles. The van der Waals surface area contributed by atoms with Crippen molar-refractivity contribution in [1.82, 2.24) is 10.2 Å². The summed E-state index contributed by atoms with van der Waals surface area (Å²) in [5.74, 6) is 1.90. The average Bonchev–Trinajstić information content (AvgIpc) is 3.07. The van der Waals surface area contributed by atoms with Gasteiger partial charge in [-0.2, -0.15) is 0 Å². The van der Waals surface area contributed by atoms with Crippen LogP contribution in [0.3, 0.4) is 0 Å². The summed E-state index contributed by atoms with van der Waals surface area (Å²) in [6.45, 7) is 6.91. The van der Waals surface area contributed by atoms with Crippen molar-refractivity contribution in [1.29, 1.82) is 0 Å². The second-order valence-electron chi connectivity index (χ2n) is 7.21. The molecule has 0 aromatic carbocycles. The van der Waals surface area contributed by atoms with Crippen molar-refractivity contribution in [3.8, 4) is 0 Å². The maximum atomic E-state index is 12.8. The summed E-state index contributed by atoms with van der Waals surface area (Å²) in [6.07, 6.45) is 8.43. The zero-order valence-electron chi connectivity index (χ0n) is 12.6. The molecule has 3 aliphatic rings. The number of hydrogen-bond donors (Lipinski definition) is 1. The van der Waals surface area contributed by atoms with Crippen LogP contribution in [0.4, 0.5) is 0 Å². The van der Waals surface area contributed by atoms with E-state index < -0.39 is 0 Å². The minimum Gasteiger partial charge on any atom is -0.322 e. The quantitative estimate of drug-likeness (QED) is 0.850. The molecule has 2 aliphatic carbocycles. The molecule has 108 valence electrons. The van der Waals surface area contributed by atoms with Crippen LogP contribution >= 0.6 is 0 Å². The van der Waals surface area contributed by atoms with Gasteiger partial charge in [0.05, 0.1) is 11.7 Å². The Bertz CT molecular complexity index is 364. The molecule has 1 heterocycles. The molecule has 1 spiro atoms. The Labute approximate surface area is 117 Å². The number of hydrogen-bond acceptors (Lipinski definition) is 2. The molecule has 0 aromatic heterocycles. The van der Waals surface area contributed by atoms with Gasteiger partial charge in [0.1, 0.15) is 0 Å². The van der Waals surface area contributed by atoms with E-state index in [1.165, 1.54) is 19.3 Å². The zero-order chi connectivity index (χ0) is 13.6. The van der Waals surface area contributed by atoms with Crippen LogP contribution in [0.2, 0.25) is 0 Å². The third-order valence-electron chi connectivity index (χ3n) is 5.48. The van der Waals surface area contributed by atoms with Gasteiger partial charge in [0, 0.05) is 6.04 Å². The SMILES string of the molecule is CCCC1NC2(CC2)C(=O)N1C1CCC(C)CC1C. The van der Waals surface area contributed by atoms with Crippen LogP contribution in [-0.4, -0.2) is 28.6 Å². The van der Waals surface area contributed by atoms with Crippen LogP contribution in [0.1, 0.15) is 65.7 Å². The molecule has 4 unspecified atom stereocenters. The van der Waals surface area contributed by atoms with Gasteiger partial charge in [-0.15, -0.1) is 0 Å². The Balaban J connectivity index is 1.78. The molecule has 19 heavy (non-hydrogen) atoms. The van der Waals surface area contributed by atoms with Crippen molar-refractivity contribution in [3.05, 3.63) is 0 Å². The number of carbonyl (C=O) groups excluding carboxylic acids is 1. The van der Waals surface area contributed by atoms with Gasteiger partial charge in [0.15, 0.2) is 0 Å². The Hall–Kier alpha value is -0.570. The van der Waals surface area contributed by atoms with Gasteiger partial charge in [-0.05, 0) is 50.4 Å². The van der Waals surface area contributed by atoms with Gasteiger partial charge in [0.25, 0.3) is 0 Å². The zero-order valence-corrected chi connectivity index (χ0v) is 12.6. The Morgan fingerprint density at radius 1 is 1.32 bits per heavy atom. The molecule has 1 amide bonds. The van der Waals surface area contributed by atoms with Gasteiger partial charge in [-0.25, -0.2) is 0 Å². The van der Waals surface area contributed by atoms with Crippen molar-refractivity contribution < 1.29 is 4.79 Å². The van der Waals surface area contributed by atoms with Crippen molar-refractivity contribution in [2.75, 3.05) is 0 Å². The highest BCUT2D eigenvalue weighted by atomic mass is 16.2. The highest BCUT2D eigenvalue weighted by Gasteiger charge is 2.60. The first-order chi connectivity index (χ1) is 9.07. The van der Waals surface area contributed by atoms with E-state index in [2.05, 4.69) is 31.0 Å². The fraction of sp³-hybridized carbons (Fsp3) is 0.938. The number of nitrogens with zero attached hydrogens (tertiary/aromatic N) is 1. The van der Waals surface area contributed by atoms with Crippen molar-refractivity contribution in [2.45, 2.75) is 83.5 Å². The maximum Gasteiger partial charge on any atom is 0.244 e. The van der Waals surface area contributed by atoms with E-state index in [4.69, 9.17) is 0 Å². The molecular weight excluding hydrogens is 236 g/mol. The van der Waals surface area contributed by atoms with Crippen LogP contribution in [0, 0.1) is 11.8 Å². The lowest BCUT2D eigenvalue weighted by molar-refractivity contribution is -0.135. The molecule has 1 N–H and O–H groups in total. The fourth-order valence-corrected chi connectivity index (χ4v) is 4.25. The summed E-state index contributed by atoms with van der Waals surface area (Å²) in [5.41, 5.74) is -0.136. The Morgan fingerprint density at radius 3 is 2.63 bits per heavy atom. The fourth-order valence-electron chi connectivity index (χ4n) is 4.25. The molecule has 3 heteroatoms. The summed E-state index contributed by atoms with van der Waals surface area (Å²) in [6, 6.07) is 0.479. The van der Waals surface area contributed by atoms with Gasteiger partial charge in [0.2, 0.25) is 5.91 Å². The molecule has 0 radical (unpaired) electrons. The lowest BCUT2D eigenvalue weighted by Gasteiger charge is -2.41. The van der Waals surface area contributed by atoms with Gasteiger partial charge >= 0.3 is 0 Å². The van der Waals surface area contributed by atoms with Crippen molar-refractivity contribution in [2.24, 2.45) is 11.8 Å². The van der Waals surface area contributed by atoms with Crippen LogP contribution in [-0.2, 0) is 4.79 Å². The Morgan fingerprint density at radius 2 is 2.05 bits per heavy atom. The summed E-state index contributed by atoms with van der Waals surface area (Å²) >= 11 is 0. The molecule has 0 bridgehead atoms. The van der Waals surface area contributed by atoms with Gasteiger partial charge in [-0.1, -0.05) is 27.2 Å². The van der Waals surface area contributed by atoms with Gasteiger partial charge < -0.3 is 4.90 Å². The van der Waals surface area contributed by atoms with Gasteiger partial charge in [-0.3, -0.25) is 10.1 Å². The molecule has 3 fully saturated rings. The maximum absolute atomic E-state index is 12.8. The third kappa shape index (κ3) is 2.20. The second kappa shape index (κ2) is 4.76. The lowest BCUT2D eigenvalue weighted by Crippen LogP contribution is -2.49. The predicted octanol–water partition coefficient (Wildman–Crippen LogP) is 2.90. The summed E-state index contributed by atoms with van der Waals surface area (Å²) in [7, 11) is 0. The normalized spacial score (nSPS) is 41.0. The summed E-state index contributed by atoms with van der Waals surface area (Å²) in [5, 5.41) is 3.65. The highest BCUT2D eigenvalue weighted by molar-refractivity contribution is 5.92. The first-order valence-electron chi connectivity index (χ1n) is 8.18. The predicted molar refractivity (Wildman–Crippen MR) is 76.6 cm³/mol. The third-order valence-corrected chi connectivity index (χ3v) is 5.48. The standard InChI is InChI=1S/C16H28N2O/c1-4-5-14-17-16(8-9-16)15(19)18(14)13-7-6-11(2)10-12(13)3/h11-14,17H,4-10H2,1-3H3. The number of amides is 1. The van der Waals surface area contributed by atoms with Crippen molar-refractivity contribution in [3.63, 3.8) is 0 Å². The topological polar surface area (TPSA) is 32.3 Å². The number of carbonyl (C=O) groups is 1. The van der Waals surface area contributed by atoms with Crippen LogP contribution in [0.15, 0.2) is 0 Å². The van der Waals surface area contributed by atoms with E-state index in [-0.39, 0.29) is 5.54 Å². The van der Waals surface area contributed by atoms with Crippen LogP contribution < -0.4 is 5.32 Å².